The summed E-state index contributed by atoms with van der Waals surface area (Å²) in [6, 6.07) is 10.8. The van der Waals surface area contributed by atoms with Gasteiger partial charge in [-0.3, -0.25) is 4.99 Å². The molecule has 82 valence electrons. The number of ether oxygens (including phenoxy) is 1. The molecule has 0 radical (unpaired) electrons. The van der Waals surface area contributed by atoms with Gasteiger partial charge in [-0.2, -0.15) is 0 Å². The molecule has 1 heterocycles. The first kappa shape index (κ1) is 10.8. The van der Waals surface area contributed by atoms with Crippen LogP contribution < -0.4 is 4.74 Å². The maximum Gasteiger partial charge on any atom is 0.284 e. The van der Waals surface area contributed by atoms with Crippen molar-refractivity contribution in [2.45, 2.75) is 0 Å². The summed E-state index contributed by atoms with van der Waals surface area (Å²) in [6.45, 7) is 0. The second kappa shape index (κ2) is 4.86. The third-order valence-corrected chi connectivity index (χ3v) is 2.22. The van der Waals surface area contributed by atoms with E-state index in [1.165, 1.54) is 0 Å². The van der Waals surface area contributed by atoms with Crippen molar-refractivity contribution in [3.63, 3.8) is 0 Å². The van der Waals surface area contributed by atoms with Crippen LogP contribution in [0.15, 0.2) is 45.8 Å². The van der Waals surface area contributed by atoms with Crippen molar-refractivity contribution in [3.8, 4) is 5.95 Å². The van der Waals surface area contributed by atoms with Gasteiger partial charge in [-0.15, -0.1) is 0 Å². The molecule has 2 aromatic rings. The van der Waals surface area contributed by atoms with Crippen molar-refractivity contribution < 1.29 is 9.15 Å². The maximum absolute atomic E-state index is 5.76. The Kier molecular flexibility index (Phi) is 3.27. The molecule has 0 bridgehead atoms. The van der Waals surface area contributed by atoms with Crippen LogP contribution in [0.5, 0.6) is 5.95 Å². The fraction of sp³-hybridized carbons (Fsp3) is 0.0833. The highest BCUT2D eigenvalue weighted by Crippen LogP contribution is 2.17. The highest BCUT2D eigenvalue weighted by molar-refractivity contribution is 6.30. The Bertz CT molecular complexity index is 488. The van der Waals surface area contributed by atoms with E-state index in [4.69, 9.17) is 20.8 Å². The number of nitrogens with zero attached hydrogens (tertiary/aromatic N) is 1. The van der Waals surface area contributed by atoms with E-state index in [-0.39, 0.29) is 0 Å². The Balaban J connectivity index is 2.11. The number of methoxy groups -OCH3 is 1. The molecule has 0 fully saturated rings. The van der Waals surface area contributed by atoms with Crippen molar-refractivity contribution in [2.75, 3.05) is 7.11 Å². The van der Waals surface area contributed by atoms with Gasteiger partial charge in [0.25, 0.3) is 5.95 Å². The van der Waals surface area contributed by atoms with Crippen LogP contribution in [0.3, 0.4) is 0 Å². The first-order valence-corrected chi connectivity index (χ1v) is 5.09. The van der Waals surface area contributed by atoms with Gasteiger partial charge in [0, 0.05) is 11.1 Å². The molecule has 0 aliphatic carbocycles. The van der Waals surface area contributed by atoms with Gasteiger partial charge in [-0.1, -0.05) is 11.6 Å². The molecule has 0 atom stereocenters. The fourth-order valence-corrected chi connectivity index (χ4v) is 1.30. The van der Waals surface area contributed by atoms with Crippen molar-refractivity contribution in [1.29, 1.82) is 0 Å². The SMILES string of the molecule is COc1ccc(C=Nc2ccc(Cl)cc2)o1. The summed E-state index contributed by atoms with van der Waals surface area (Å²) in [6.07, 6.45) is 1.63. The predicted octanol–water partition coefficient (Wildman–Crippen LogP) is 3.69. The average Bonchev–Trinajstić information content (AvgIpc) is 2.76. The van der Waals surface area contributed by atoms with Gasteiger partial charge in [0.15, 0.2) is 0 Å². The molecule has 0 spiro atoms. The van der Waals surface area contributed by atoms with E-state index in [0.29, 0.717) is 16.7 Å². The topological polar surface area (TPSA) is 34.7 Å². The smallest absolute Gasteiger partial charge is 0.284 e. The molecule has 0 aliphatic rings. The lowest BCUT2D eigenvalue weighted by Crippen LogP contribution is -1.77. The molecule has 0 saturated carbocycles. The summed E-state index contributed by atoms with van der Waals surface area (Å²) in [7, 11) is 1.55. The molecule has 4 heteroatoms. The molecule has 0 saturated heterocycles. The summed E-state index contributed by atoms with van der Waals surface area (Å²) < 4.78 is 10.2. The summed E-state index contributed by atoms with van der Waals surface area (Å²) in [5, 5.41) is 0.693. The van der Waals surface area contributed by atoms with Crippen molar-refractivity contribution in [1.82, 2.24) is 0 Å². The van der Waals surface area contributed by atoms with Crippen LogP contribution in [0.4, 0.5) is 5.69 Å². The highest BCUT2D eigenvalue weighted by Gasteiger charge is 1.97. The Morgan fingerprint density at radius 1 is 1.19 bits per heavy atom. The minimum absolute atomic E-state index is 0.470. The Morgan fingerprint density at radius 2 is 1.94 bits per heavy atom. The summed E-state index contributed by atoms with van der Waals surface area (Å²) >= 11 is 5.76. The van der Waals surface area contributed by atoms with E-state index in [1.807, 2.05) is 12.1 Å². The molecule has 0 amide bonds. The molecule has 0 aliphatic heterocycles. The van der Waals surface area contributed by atoms with Crippen molar-refractivity contribution >= 4 is 23.5 Å². The quantitative estimate of drug-likeness (QED) is 0.761. The lowest BCUT2D eigenvalue weighted by Gasteiger charge is -1.92. The maximum atomic E-state index is 5.76. The molecule has 1 aromatic carbocycles. The Morgan fingerprint density at radius 3 is 2.56 bits per heavy atom. The minimum atomic E-state index is 0.470. The molecular weight excluding hydrogens is 226 g/mol. The van der Waals surface area contributed by atoms with Crippen LogP contribution in [0, 0.1) is 0 Å². The molecule has 16 heavy (non-hydrogen) atoms. The van der Waals surface area contributed by atoms with E-state index in [9.17, 15) is 0 Å². The zero-order valence-corrected chi connectivity index (χ0v) is 9.44. The second-order valence-electron chi connectivity index (χ2n) is 3.10. The summed E-state index contributed by atoms with van der Waals surface area (Å²) in [5.41, 5.74) is 0.819. The monoisotopic (exact) mass is 235 g/mol. The number of rotatable bonds is 3. The van der Waals surface area contributed by atoms with Crippen LogP contribution in [0.2, 0.25) is 5.02 Å². The van der Waals surface area contributed by atoms with Crippen LogP contribution in [-0.2, 0) is 0 Å². The molecular formula is C12H10ClNO2. The van der Waals surface area contributed by atoms with Crippen LogP contribution >= 0.6 is 11.6 Å². The average molecular weight is 236 g/mol. The minimum Gasteiger partial charge on any atom is -0.468 e. The van der Waals surface area contributed by atoms with Gasteiger partial charge in [0.1, 0.15) is 5.76 Å². The molecule has 1 aromatic heterocycles. The van der Waals surface area contributed by atoms with E-state index < -0.39 is 0 Å². The van der Waals surface area contributed by atoms with Crippen LogP contribution in [0.25, 0.3) is 0 Å². The third kappa shape index (κ3) is 2.64. The first-order valence-electron chi connectivity index (χ1n) is 4.71. The number of halogens is 1. The van der Waals surface area contributed by atoms with Crippen LogP contribution in [-0.4, -0.2) is 13.3 Å². The molecule has 3 nitrogen and oxygen atoms in total. The predicted molar refractivity (Wildman–Crippen MR) is 64.0 cm³/mol. The molecule has 2 rings (SSSR count). The number of furan rings is 1. The lowest BCUT2D eigenvalue weighted by molar-refractivity contribution is 0.304. The fourth-order valence-electron chi connectivity index (χ4n) is 1.18. The normalized spacial score (nSPS) is 10.9. The summed E-state index contributed by atoms with van der Waals surface area (Å²) in [5.74, 6) is 1.12. The Labute approximate surface area is 98.3 Å². The first-order chi connectivity index (χ1) is 7.78. The second-order valence-corrected chi connectivity index (χ2v) is 3.53. The Hall–Kier alpha value is -1.74. The van der Waals surface area contributed by atoms with Gasteiger partial charge in [0.2, 0.25) is 0 Å². The van der Waals surface area contributed by atoms with Gasteiger partial charge < -0.3 is 9.15 Å². The van der Waals surface area contributed by atoms with E-state index in [0.717, 1.165) is 5.69 Å². The number of benzene rings is 1. The van der Waals surface area contributed by atoms with E-state index in [2.05, 4.69) is 4.99 Å². The zero-order valence-electron chi connectivity index (χ0n) is 8.68. The molecule has 0 N–H and O–H groups in total. The van der Waals surface area contributed by atoms with E-state index in [1.54, 1.807) is 37.6 Å². The van der Waals surface area contributed by atoms with Crippen LogP contribution in [0.1, 0.15) is 5.76 Å². The highest BCUT2D eigenvalue weighted by atomic mass is 35.5. The summed E-state index contributed by atoms with van der Waals surface area (Å²) in [4.78, 5) is 4.23. The third-order valence-electron chi connectivity index (χ3n) is 1.97. The van der Waals surface area contributed by atoms with Crippen molar-refractivity contribution in [2.24, 2.45) is 4.99 Å². The number of hydrogen-bond donors (Lipinski definition) is 0. The standard InChI is InChI=1S/C12H10ClNO2/c1-15-12-7-6-11(16-12)8-14-10-4-2-9(13)3-5-10/h2-8H,1H3. The van der Waals surface area contributed by atoms with Gasteiger partial charge in [-0.25, -0.2) is 0 Å². The van der Waals surface area contributed by atoms with Gasteiger partial charge in [0.05, 0.1) is 19.0 Å². The zero-order chi connectivity index (χ0) is 11.4. The number of hydrogen-bond acceptors (Lipinski definition) is 3. The lowest BCUT2D eigenvalue weighted by atomic mass is 10.3. The van der Waals surface area contributed by atoms with E-state index >= 15 is 0 Å². The van der Waals surface area contributed by atoms with Gasteiger partial charge in [-0.05, 0) is 30.3 Å². The number of aliphatic imine (C=N–C) groups is 1. The largest absolute Gasteiger partial charge is 0.468 e. The van der Waals surface area contributed by atoms with Crippen molar-refractivity contribution in [3.05, 3.63) is 47.2 Å². The van der Waals surface area contributed by atoms with Gasteiger partial charge >= 0.3 is 0 Å². The molecule has 0 unspecified atom stereocenters.